The number of carbonyl (C=O) groups is 3. The number of carbonyl (C=O) groups excluding carboxylic acids is 1. The van der Waals surface area contributed by atoms with Gasteiger partial charge in [0.1, 0.15) is 5.78 Å². The SMILES string of the molecule is COc1cc2c(cc1OC)[C@H]1CC(=O)[C@H](CC(C)C(=O)O)CN1CC2.COc1cc2c(cc1OC)[C@H]1C[C@H](O)[C@H](CC(C)C(=O)O)CN1CC2. The summed E-state index contributed by atoms with van der Waals surface area (Å²) in [4.78, 5) is 39.6. The molecule has 0 aliphatic carbocycles. The lowest BCUT2D eigenvalue weighted by Crippen LogP contribution is -2.48. The smallest absolute Gasteiger partial charge is 0.306 e. The Labute approximate surface area is 294 Å². The van der Waals surface area contributed by atoms with Crippen LogP contribution in [-0.4, -0.2) is 104 Å². The molecule has 0 radical (unpaired) electrons. The topological polar surface area (TPSA) is 155 Å². The average Bonchev–Trinajstić information content (AvgIpc) is 3.11. The number of hydrogen-bond acceptors (Lipinski definition) is 10. The largest absolute Gasteiger partial charge is 0.493 e. The van der Waals surface area contributed by atoms with Crippen LogP contribution in [0.3, 0.4) is 0 Å². The van der Waals surface area contributed by atoms with E-state index in [0.717, 1.165) is 43.8 Å². The van der Waals surface area contributed by atoms with Gasteiger partial charge in [0.2, 0.25) is 0 Å². The third kappa shape index (κ3) is 7.87. The van der Waals surface area contributed by atoms with E-state index in [1.807, 2.05) is 24.3 Å². The van der Waals surface area contributed by atoms with E-state index in [1.54, 1.807) is 42.3 Å². The van der Waals surface area contributed by atoms with Gasteiger partial charge in [-0.15, -0.1) is 0 Å². The van der Waals surface area contributed by atoms with Gasteiger partial charge in [0.15, 0.2) is 23.0 Å². The van der Waals surface area contributed by atoms with Crippen molar-refractivity contribution < 1.29 is 48.7 Å². The average molecular weight is 697 g/mol. The zero-order valence-corrected chi connectivity index (χ0v) is 30.0. The highest BCUT2D eigenvalue weighted by Gasteiger charge is 2.41. The lowest BCUT2D eigenvalue weighted by atomic mass is 9.79. The Morgan fingerprint density at radius 1 is 0.740 bits per heavy atom. The van der Waals surface area contributed by atoms with Gasteiger partial charge in [-0.1, -0.05) is 13.8 Å². The van der Waals surface area contributed by atoms with E-state index >= 15 is 0 Å². The second-order valence-electron chi connectivity index (χ2n) is 14.2. The van der Waals surface area contributed by atoms with Gasteiger partial charge in [0, 0.05) is 50.6 Å². The molecule has 2 aromatic carbocycles. The maximum atomic E-state index is 12.6. The normalized spacial score (nSPS) is 25.7. The maximum Gasteiger partial charge on any atom is 0.306 e. The van der Waals surface area contributed by atoms with Crippen LogP contribution in [0.25, 0.3) is 0 Å². The number of hydrogen-bond donors (Lipinski definition) is 3. The number of aliphatic hydroxyl groups excluding tert-OH is 1. The summed E-state index contributed by atoms with van der Waals surface area (Å²) in [5.41, 5.74) is 4.75. The first-order chi connectivity index (χ1) is 23.9. The Bertz CT molecular complexity index is 1560. The van der Waals surface area contributed by atoms with Gasteiger partial charge in [-0.05, 0) is 84.5 Å². The van der Waals surface area contributed by atoms with Crippen molar-refractivity contribution in [2.24, 2.45) is 23.7 Å². The monoisotopic (exact) mass is 696 g/mol. The van der Waals surface area contributed by atoms with Crippen molar-refractivity contribution >= 4 is 17.7 Å². The Hall–Kier alpha value is -3.87. The van der Waals surface area contributed by atoms with E-state index in [0.29, 0.717) is 49.5 Å². The number of ketones is 1. The molecule has 4 aliphatic heterocycles. The van der Waals surface area contributed by atoms with Crippen molar-refractivity contribution in [2.45, 2.75) is 70.6 Å². The fourth-order valence-corrected chi connectivity index (χ4v) is 8.22. The molecule has 0 aromatic heterocycles. The van der Waals surface area contributed by atoms with Crippen LogP contribution in [0, 0.1) is 23.7 Å². The fraction of sp³-hybridized carbons (Fsp3) is 0.605. The van der Waals surface area contributed by atoms with Gasteiger partial charge in [0.05, 0.1) is 46.4 Å². The first-order valence-corrected chi connectivity index (χ1v) is 17.5. The van der Waals surface area contributed by atoms with Gasteiger partial charge < -0.3 is 34.3 Å². The number of carboxylic acids is 2. The molecular weight excluding hydrogens is 644 g/mol. The van der Waals surface area contributed by atoms with Gasteiger partial charge in [0.25, 0.3) is 0 Å². The molecule has 12 nitrogen and oxygen atoms in total. The van der Waals surface area contributed by atoms with Crippen LogP contribution < -0.4 is 18.9 Å². The third-order valence-electron chi connectivity index (χ3n) is 11.1. The maximum absolute atomic E-state index is 12.6. The highest BCUT2D eigenvalue weighted by atomic mass is 16.5. The van der Waals surface area contributed by atoms with E-state index < -0.39 is 29.9 Å². The van der Waals surface area contributed by atoms with Crippen LogP contribution in [0.15, 0.2) is 24.3 Å². The minimum Gasteiger partial charge on any atom is -0.493 e. The van der Waals surface area contributed by atoms with Crippen LogP contribution in [0.4, 0.5) is 0 Å². The molecular formula is C38H52N2O10. The molecule has 274 valence electrons. The number of aliphatic carboxylic acids is 2. The zero-order chi connectivity index (χ0) is 36.3. The summed E-state index contributed by atoms with van der Waals surface area (Å²) in [5, 5.41) is 28.9. The van der Waals surface area contributed by atoms with Crippen molar-refractivity contribution in [3.05, 3.63) is 46.5 Å². The highest BCUT2D eigenvalue weighted by Crippen LogP contribution is 2.44. The Balaban J connectivity index is 0.000000194. The van der Waals surface area contributed by atoms with Crippen LogP contribution >= 0.6 is 0 Å². The first-order valence-electron chi connectivity index (χ1n) is 17.5. The van der Waals surface area contributed by atoms with Gasteiger partial charge in [-0.2, -0.15) is 0 Å². The van der Waals surface area contributed by atoms with Crippen molar-refractivity contribution in [3.63, 3.8) is 0 Å². The number of fused-ring (bicyclic) bond motifs is 6. The predicted octanol–water partition coefficient (Wildman–Crippen LogP) is 4.40. The van der Waals surface area contributed by atoms with Crippen molar-refractivity contribution in [1.82, 2.24) is 9.80 Å². The number of Topliss-reactive ketones (excluding diaryl/α,β-unsaturated/α-hetero) is 1. The minimum atomic E-state index is -0.837. The quantitative estimate of drug-likeness (QED) is 0.323. The molecule has 7 atom stereocenters. The molecule has 2 aromatic rings. The van der Waals surface area contributed by atoms with Crippen LogP contribution in [0.2, 0.25) is 0 Å². The number of rotatable bonds is 10. The summed E-state index contributed by atoms with van der Waals surface area (Å²) in [6.45, 7) is 6.54. The summed E-state index contributed by atoms with van der Waals surface area (Å²) in [6.07, 6.45) is 3.31. The summed E-state index contributed by atoms with van der Waals surface area (Å²) in [7, 11) is 6.50. The molecule has 0 bridgehead atoms. The molecule has 3 N–H and O–H groups in total. The zero-order valence-electron chi connectivity index (χ0n) is 30.0. The molecule has 0 spiro atoms. The standard InChI is InChI=1S/C19H27NO5.C19H25NO5/c2*1-11(19(22)23)6-13-10-20-5-4-12-7-17(24-2)18(25-3)8-14(12)15(20)9-16(13)21/h7-8,11,13,15-16,21H,4-6,9-10H2,1-3H3,(H,22,23);7-8,11,13,15H,4-6,9-10H2,1-3H3,(H,22,23)/t11?,13-,15-,16+;11?,13-,15-/m11/s1. The van der Waals surface area contributed by atoms with E-state index in [2.05, 4.69) is 9.80 Å². The number of piperidine rings is 2. The summed E-state index contributed by atoms with van der Waals surface area (Å²) in [6, 6.07) is 8.25. The number of carboxylic acid groups (broad SMARTS) is 2. The molecule has 2 fully saturated rings. The minimum absolute atomic E-state index is 0.00374. The Morgan fingerprint density at radius 3 is 1.70 bits per heavy atom. The van der Waals surface area contributed by atoms with Crippen LogP contribution in [0.5, 0.6) is 23.0 Å². The molecule has 12 heteroatoms. The second kappa shape index (κ2) is 16.0. The number of aliphatic hydroxyl groups is 1. The predicted molar refractivity (Wildman–Crippen MR) is 185 cm³/mol. The number of nitrogens with zero attached hydrogens (tertiary/aromatic N) is 2. The molecule has 4 aliphatic rings. The number of ether oxygens (including phenoxy) is 4. The fourth-order valence-electron chi connectivity index (χ4n) is 8.22. The number of benzene rings is 2. The summed E-state index contributed by atoms with van der Waals surface area (Å²) in [5.74, 6) is 0.251. The van der Waals surface area contributed by atoms with E-state index in [1.165, 1.54) is 16.7 Å². The lowest BCUT2D eigenvalue weighted by Gasteiger charge is -2.46. The molecule has 2 unspecified atom stereocenters. The summed E-state index contributed by atoms with van der Waals surface area (Å²) >= 11 is 0. The Morgan fingerprint density at radius 2 is 1.20 bits per heavy atom. The Kier molecular flexibility index (Phi) is 12.0. The molecule has 6 rings (SSSR count). The van der Waals surface area contributed by atoms with E-state index in [9.17, 15) is 19.5 Å². The summed E-state index contributed by atoms with van der Waals surface area (Å²) < 4.78 is 21.6. The van der Waals surface area contributed by atoms with Crippen molar-refractivity contribution in [3.8, 4) is 23.0 Å². The van der Waals surface area contributed by atoms with Gasteiger partial charge in [-0.3, -0.25) is 24.2 Å². The third-order valence-corrected chi connectivity index (χ3v) is 11.1. The molecule has 2 saturated heterocycles. The highest BCUT2D eigenvalue weighted by molar-refractivity contribution is 5.84. The van der Waals surface area contributed by atoms with Crippen molar-refractivity contribution in [2.75, 3.05) is 54.6 Å². The van der Waals surface area contributed by atoms with Crippen LogP contribution in [0.1, 0.15) is 73.9 Å². The van der Waals surface area contributed by atoms with Gasteiger partial charge >= 0.3 is 11.9 Å². The van der Waals surface area contributed by atoms with Gasteiger partial charge in [-0.25, -0.2) is 0 Å². The lowest BCUT2D eigenvalue weighted by molar-refractivity contribution is -0.143. The number of methoxy groups -OCH3 is 4. The second-order valence-corrected chi connectivity index (χ2v) is 14.2. The molecule has 0 saturated carbocycles. The van der Waals surface area contributed by atoms with E-state index in [-0.39, 0.29) is 29.7 Å². The first kappa shape index (κ1) is 37.4. The van der Waals surface area contributed by atoms with Crippen LogP contribution in [-0.2, 0) is 27.2 Å². The molecule has 4 heterocycles. The van der Waals surface area contributed by atoms with E-state index in [4.69, 9.17) is 29.2 Å². The molecule has 50 heavy (non-hydrogen) atoms. The van der Waals surface area contributed by atoms with Crippen molar-refractivity contribution in [1.29, 1.82) is 0 Å². The molecule has 0 amide bonds.